The molecular weight excluding hydrogens is 591 g/mol. The lowest BCUT2D eigenvalue weighted by Gasteiger charge is -2.44. The van der Waals surface area contributed by atoms with Gasteiger partial charge in [-0.3, -0.25) is 9.78 Å². The maximum atomic E-state index is 13.7. The zero-order valence-corrected chi connectivity index (χ0v) is 29.7. The van der Waals surface area contributed by atoms with Gasteiger partial charge in [-0.1, -0.05) is 39.6 Å². The molecule has 0 saturated carbocycles. The average molecular weight is 640 g/mol. The van der Waals surface area contributed by atoms with Gasteiger partial charge in [-0.15, -0.1) is 0 Å². The third-order valence-electron chi connectivity index (χ3n) is 9.11. The number of nitrogens with zero attached hydrogens (tertiary/aromatic N) is 4. The number of amides is 1. The van der Waals surface area contributed by atoms with Gasteiger partial charge in [0, 0.05) is 32.5 Å². The van der Waals surface area contributed by atoms with E-state index in [1.807, 2.05) is 45.9 Å². The van der Waals surface area contributed by atoms with Crippen LogP contribution in [0, 0.1) is 16.7 Å². The van der Waals surface area contributed by atoms with Crippen LogP contribution in [0.4, 0.5) is 5.69 Å². The third kappa shape index (κ3) is 7.35. The molecule has 44 heavy (non-hydrogen) atoms. The van der Waals surface area contributed by atoms with Gasteiger partial charge >= 0.3 is 0 Å². The Balaban J connectivity index is 1.67. The fourth-order valence-electron chi connectivity index (χ4n) is 6.24. The summed E-state index contributed by atoms with van der Waals surface area (Å²) in [5, 5.41) is 12.5. The van der Waals surface area contributed by atoms with Gasteiger partial charge in [0.1, 0.15) is 12.8 Å². The predicted octanol–water partition coefficient (Wildman–Crippen LogP) is 7.16. The Morgan fingerprint density at radius 3 is 2.34 bits per heavy atom. The number of hydrogen-bond donors (Lipinski definition) is 1. The van der Waals surface area contributed by atoms with Crippen LogP contribution in [0.25, 0.3) is 5.57 Å². The van der Waals surface area contributed by atoms with Crippen molar-refractivity contribution in [1.82, 2.24) is 14.5 Å². The molecule has 0 radical (unpaired) electrons. The molecule has 3 heterocycles. The molecule has 0 spiro atoms. The lowest BCUT2D eigenvalue weighted by molar-refractivity contribution is 0.0808. The highest BCUT2D eigenvalue weighted by molar-refractivity contribution is 7.94. The number of nitriles is 1. The van der Waals surface area contributed by atoms with E-state index in [4.69, 9.17) is 9.72 Å². The maximum Gasteiger partial charge on any atom is 0.291 e. The minimum atomic E-state index is -3.34. The normalized spacial score (nSPS) is 20.9. The molecule has 11 heteroatoms. The van der Waals surface area contributed by atoms with E-state index >= 15 is 0 Å². The first kappa shape index (κ1) is 34.1. The number of nitrogens with one attached hydrogen (secondary N) is 1. The summed E-state index contributed by atoms with van der Waals surface area (Å²) in [4.78, 5) is 23.1. The summed E-state index contributed by atoms with van der Waals surface area (Å²) in [7, 11) is -4.62. The second-order valence-corrected chi connectivity index (χ2v) is 24.5. The first-order chi connectivity index (χ1) is 20.3. The van der Waals surface area contributed by atoms with E-state index in [1.165, 1.54) is 6.20 Å². The number of rotatable bonds is 9. The van der Waals surface area contributed by atoms with Crippen molar-refractivity contribution in [2.45, 2.75) is 121 Å². The molecule has 0 bridgehead atoms. The average Bonchev–Trinajstić information content (AvgIpc) is 3.33. The third-order valence-corrected chi connectivity index (χ3v) is 14.1. The number of anilines is 1. The van der Waals surface area contributed by atoms with Crippen LogP contribution < -0.4 is 5.32 Å². The van der Waals surface area contributed by atoms with Crippen LogP contribution in [-0.4, -0.2) is 53.0 Å². The van der Waals surface area contributed by atoms with Crippen molar-refractivity contribution in [1.29, 1.82) is 5.26 Å². The topological polar surface area (TPSA) is 127 Å². The van der Waals surface area contributed by atoms with Gasteiger partial charge in [0.05, 0.1) is 20.9 Å². The number of allylic oxidation sites excluding steroid dienone is 2. The van der Waals surface area contributed by atoms with Crippen LogP contribution in [0.2, 0.25) is 25.7 Å². The predicted molar refractivity (Wildman–Crippen MR) is 178 cm³/mol. The largest absolute Gasteiger partial charge is 0.361 e. The fraction of sp³-hybridized carbons (Fsp3) is 0.636. The number of aromatic nitrogens is 3. The summed E-state index contributed by atoms with van der Waals surface area (Å²) in [6.07, 6.45) is 7.42. The summed E-state index contributed by atoms with van der Waals surface area (Å²) >= 11 is 0. The van der Waals surface area contributed by atoms with Gasteiger partial charge in [-0.2, -0.15) is 5.26 Å². The molecule has 4 rings (SSSR count). The highest BCUT2D eigenvalue weighted by atomic mass is 32.2. The van der Waals surface area contributed by atoms with Crippen LogP contribution in [0.1, 0.15) is 107 Å². The Hall–Kier alpha value is -2.81. The van der Waals surface area contributed by atoms with Crippen molar-refractivity contribution in [2.24, 2.45) is 5.41 Å². The Morgan fingerprint density at radius 1 is 1.11 bits per heavy atom. The molecule has 1 fully saturated rings. The molecule has 1 saturated heterocycles. The monoisotopic (exact) mass is 639 g/mol. The van der Waals surface area contributed by atoms with Gasteiger partial charge in [0.15, 0.2) is 15.5 Å². The van der Waals surface area contributed by atoms with Crippen LogP contribution in [0.5, 0.6) is 0 Å². The zero-order chi connectivity index (χ0) is 32.7. The summed E-state index contributed by atoms with van der Waals surface area (Å²) in [5.41, 5.74) is 3.51. The van der Waals surface area contributed by atoms with Gasteiger partial charge in [-0.05, 0) is 89.0 Å². The number of carbonyl (C=O) groups excluding carboxylic acids is 1. The van der Waals surface area contributed by atoms with Gasteiger partial charge in [-0.25, -0.2) is 13.4 Å². The number of hydrogen-bond acceptors (Lipinski definition) is 7. The second-order valence-electron chi connectivity index (χ2n) is 15.7. The lowest BCUT2D eigenvalue weighted by Crippen LogP contribution is -2.51. The van der Waals surface area contributed by atoms with Crippen molar-refractivity contribution in [3.63, 3.8) is 0 Å². The number of pyridine rings is 1. The first-order valence-corrected chi connectivity index (χ1v) is 20.8. The standard InChI is InChI=1S/C33H49N5O4SSi/c1-31(2)14-12-23(13-15-31)28-27(11-10-26(36-28)24-18-32(3,4)43(40,41)33(5,6)19-24)37-30(39)29-35-25(20-34)21-38(29)22-42-16-17-44(7,8)9/h10-12,21,24H,13-19,22H2,1-9H3,(H,37,39). The highest BCUT2D eigenvalue weighted by Gasteiger charge is 2.52. The van der Waals surface area contributed by atoms with Crippen molar-refractivity contribution in [3.8, 4) is 6.07 Å². The summed E-state index contributed by atoms with van der Waals surface area (Å²) in [6.45, 7) is 19.3. The van der Waals surface area contributed by atoms with Crippen LogP contribution in [-0.2, 0) is 21.3 Å². The van der Waals surface area contributed by atoms with E-state index in [0.29, 0.717) is 30.8 Å². The number of imidazole rings is 1. The Kier molecular flexibility index (Phi) is 9.43. The molecule has 9 nitrogen and oxygen atoms in total. The fourth-order valence-corrected chi connectivity index (χ4v) is 9.34. The Morgan fingerprint density at radius 2 is 1.77 bits per heavy atom. The molecule has 2 aromatic heterocycles. The number of ether oxygens (including phenoxy) is 1. The molecule has 2 aliphatic rings. The SMILES string of the molecule is CC1(C)CC=C(c2nc(C3CC(C)(C)S(=O)(=O)C(C)(C)C3)ccc2NC(=O)c2nc(C#N)cn2COCC[Si](C)(C)C)CC1. The van der Waals surface area contributed by atoms with Crippen LogP contribution in [0.3, 0.4) is 0 Å². The van der Waals surface area contributed by atoms with Crippen LogP contribution in [0.15, 0.2) is 24.4 Å². The van der Waals surface area contributed by atoms with Crippen molar-refractivity contribution in [2.75, 3.05) is 11.9 Å². The molecule has 1 aliphatic heterocycles. The van der Waals surface area contributed by atoms with E-state index in [9.17, 15) is 18.5 Å². The van der Waals surface area contributed by atoms with Crippen molar-refractivity contribution < 1.29 is 17.9 Å². The van der Waals surface area contributed by atoms with Crippen molar-refractivity contribution >= 4 is 35.1 Å². The van der Waals surface area contributed by atoms with Gasteiger partial charge in [0.25, 0.3) is 5.91 Å². The van der Waals surface area contributed by atoms with E-state index in [1.54, 1.807) is 4.57 Å². The Labute approximate surface area is 264 Å². The zero-order valence-electron chi connectivity index (χ0n) is 27.9. The maximum absolute atomic E-state index is 13.7. The number of sulfone groups is 1. The molecule has 240 valence electrons. The molecule has 0 unspecified atom stereocenters. The van der Waals surface area contributed by atoms with Gasteiger partial charge < -0.3 is 14.6 Å². The molecule has 0 atom stereocenters. The molecule has 0 aromatic carbocycles. The highest BCUT2D eigenvalue weighted by Crippen LogP contribution is 2.48. The minimum Gasteiger partial charge on any atom is -0.361 e. The lowest BCUT2D eigenvalue weighted by atomic mass is 9.77. The van der Waals surface area contributed by atoms with E-state index < -0.39 is 33.3 Å². The summed E-state index contributed by atoms with van der Waals surface area (Å²) < 4.78 is 32.3. The summed E-state index contributed by atoms with van der Waals surface area (Å²) in [5.74, 6) is -0.388. The quantitative estimate of drug-likeness (QED) is 0.228. The number of carbonyl (C=O) groups is 1. The molecule has 1 aliphatic carbocycles. The molecule has 1 N–H and O–H groups in total. The summed E-state index contributed by atoms with van der Waals surface area (Å²) in [6, 6.07) is 6.81. The second kappa shape index (κ2) is 12.2. The van der Waals surface area contributed by atoms with E-state index in [-0.39, 0.29) is 29.6 Å². The molecule has 1 amide bonds. The minimum absolute atomic E-state index is 0.0435. The van der Waals surface area contributed by atoms with E-state index in [0.717, 1.165) is 36.6 Å². The van der Waals surface area contributed by atoms with E-state index in [2.05, 4.69) is 49.9 Å². The van der Waals surface area contributed by atoms with Gasteiger partial charge in [0.2, 0.25) is 5.82 Å². The van der Waals surface area contributed by atoms with Crippen molar-refractivity contribution in [3.05, 3.63) is 47.3 Å². The smallest absolute Gasteiger partial charge is 0.291 e. The first-order valence-electron chi connectivity index (χ1n) is 15.6. The molecular formula is C33H49N5O4SSi. The van der Waals surface area contributed by atoms with Crippen LogP contribution >= 0.6 is 0 Å². The Bertz CT molecular complexity index is 1570. The molecule has 2 aromatic rings.